The maximum atomic E-state index is 14.7. The fourth-order valence-electron chi connectivity index (χ4n) is 4.89. The predicted octanol–water partition coefficient (Wildman–Crippen LogP) is 9.97. The van der Waals surface area contributed by atoms with Gasteiger partial charge >= 0.3 is 0 Å². The molecule has 0 aliphatic heterocycles. The van der Waals surface area contributed by atoms with Crippen LogP contribution in [0.2, 0.25) is 0 Å². The van der Waals surface area contributed by atoms with E-state index in [-0.39, 0.29) is 72.6 Å². The van der Waals surface area contributed by atoms with E-state index in [2.05, 4.69) is 16.0 Å². The van der Waals surface area contributed by atoms with Crippen LogP contribution >= 0.6 is 0 Å². The van der Waals surface area contributed by atoms with Gasteiger partial charge < -0.3 is 5.11 Å². The van der Waals surface area contributed by atoms with Crippen LogP contribution in [-0.2, 0) is 30.3 Å². The van der Waals surface area contributed by atoms with Gasteiger partial charge in [-0.2, -0.15) is 0 Å². The Labute approximate surface area is 276 Å². The number of aliphatic hydroxyl groups excluding tert-OH is 1. The molecular weight excluding hydrogens is 749 g/mol. The van der Waals surface area contributed by atoms with Gasteiger partial charge in [0.25, 0.3) is 0 Å². The van der Waals surface area contributed by atoms with E-state index in [0.717, 1.165) is 25.7 Å². The first-order valence-electron chi connectivity index (χ1n) is 16.3. The number of rotatable bonds is 8. The average Bonchev–Trinajstić information content (AvgIpc) is 3.01. The number of carbonyl (C=O) groups excluding carboxylic acids is 1. The maximum absolute atomic E-state index is 14.7. The number of fused-ring (bicyclic) bond motifs is 2. The molecule has 1 radical (unpaired) electrons. The minimum atomic E-state index is -2.05. The number of halogens is 4. The van der Waals surface area contributed by atoms with Crippen molar-refractivity contribution in [1.29, 1.82) is 0 Å². The van der Waals surface area contributed by atoms with Gasteiger partial charge in [0.1, 0.15) is 13.2 Å². The minimum Gasteiger partial charge on any atom is -0.512 e. The van der Waals surface area contributed by atoms with Gasteiger partial charge in [-0.05, 0) is 31.1 Å². The molecule has 0 bridgehead atoms. The Balaban J connectivity index is 0.000000427. The quantitative estimate of drug-likeness (QED) is 0.0482. The molecule has 0 saturated carbocycles. The summed E-state index contributed by atoms with van der Waals surface area (Å²) in [6, 6.07) is 4.91. The molecule has 0 aliphatic rings. The van der Waals surface area contributed by atoms with E-state index < -0.39 is 51.6 Å². The van der Waals surface area contributed by atoms with E-state index >= 15 is 0 Å². The van der Waals surface area contributed by atoms with E-state index in [4.69, 9.17) is 5.48 Å². The zero-order valence-electron chi connectivity index (χ0n) is 29.8. The largest absolute Gasteiger partial charge is 0.512 e. The van der Waals surface area contributed by atoms with E-state index in [1.807, 2.05) is 48.5 Å². The summed E-state index contributed by atoms with van der Waals surface area (Å²) in [5, 5.41) is 9.58. The van der Waals surface area contributed by atoms with Crippen molar-refractivity contribution in [3.05, 3.63) is 83.3 Å². The van der Waals surface area contributed by atoms with Crippen molar-refractivity contribution in [2.24, 2.45) is 11.8 Å². The number of nitrogens with zero attached hydrogens (tertiary/aromatic N) is 2. The second kappa shape index (κ2) is 15.7. The molecule has 0 saturated heterocycles. The van der Waals surface area contributed by atoms with Crippen molar-refractivity contribution in [2.45, 2.75) is 79.6 Å². The molecule has 239 valence electrons. The van der Waals surface area contributed by atoms with Crippen LogP contribution in [0, 0.1) is 41.2 Å². The third kappa shape index (κ3) is 7.91. The monoisotopic (exact) mass is 792 g/mol. The second-order valence-electron chi connectivity index (χ2n) is 11.3. The van der Waals surface area contributed by atoms with Crippen molar-refractivity contribution < 1.29 is 53.1 Å². The predicted molar refractivity (Wildman–Crippen MR) is 164 cm³/mol. The van der Waals surface area contributed by atoms with Gasteiger partial charge in [-0.3, -0.25) is 9.78 Å². The molecule has 1 heterocycles. The van der Waals surface area contributed by atoms with Crippen LogP contribution in [0.1, 0.15) is 85.2 Å². The molecule has 44 heavy (non-hydrogen) atoms. The zero-order valence-corrected chi connectivity index (χ0v) is 28.2. The molecule has 4 nitrogen and oxygen atoms in total. The van der Waals surface area contributed by atoms with Gasteiger partial charge in [-0.1, -0.05) is 77.6 Å². The van der Waals surface area contributed by atoms with Crippen molar-refractivity contribution in [2.75, 3.05) is 0 Å². The van der Waals surface area contributed by atoms with Gasteiger partial charge in [0.15, 0.2) is 29.1 Å². The van der Waals surface area contributed by atoms with Crippen LogP contribution in [0.5, 0.6) is 0 Å². The number of carbonyl (C=O) groups is 1. The molecule has 9 heteroatoms. The smallest absolute Gasteiger partial charge is 0.199 e. The first-order valence-corrected chi connectivity index (χ1v) is 14.3. The van der Waals surface area contributed by atoms with Crippen LogP contribution < -0.4 is 0 Å². The van der Waals surface area contributed by atoms with Gasteiger partial charge in [-0.25, -0.2) is 22.5 Å². The SMILES string of the molecule is CCC(CC)C(=O)/C=C(\O)C(CC)CC.[2H]c1nc(-c2[c-]c3c([2H])c([2H])c([2H])cc3c(C(C)(C)C)c2)c2c(F)c(F)c(F)c(F)c2n1.[Ir]. The van der Waals surface area contributed by atoms with E-state index in [0.29, 0.717) is 10.9 Å². The molecule has 4 aromatic rings. The summed E-state index contributed by atoms with van der Waals surface area (Å²) < 4.78 is 88.8. The van der Waals surface area contributed by atoms with Crippen molar-refractivity contribution in [3.8, 4) is 11.3 Å². The summed E-state index contributed by atoms with van der Waals surface area (Å²) >= 11 is 0. The Morgan fingerprint density at radius 3 is 2.11 bits per heavy atom. The second-order valence-corrected chi connectivity index (χ2v) is 11.3. The Morgan fingerprint density at radius 2 is 1.55 bits per heavy atom. The summed E-state index contributed by atoms with van der Waals surface area (Å²) in [5.74, 6) is -7.00. The number of ketones is 1. The van der Waals surface area contributed by atoms with Crippen molar-refractivity contribution >= 4 is 27.5 Å². The van der Waals surface area contributed by atoms with Gasteiger partial charge in [-0.15, -0.1) is 29.1 Å². The van der Waals surface area contributed by atoms with E-state index in [1.165, 1.54) is 18.2 Å². The number of allylic oxidation sites excluding steroid dienone is 2. The number of hydrogen-bond acceptors (Lipinski definition) is 4. The normalized spacial score (nSPS) is 13.2. The van der Waals surface area contributed by atoms with Crippen LogP contribution in [-0.4, -0.2) is 20.9 Å². The van der Waals surface area contributed by atoms with Gasteiger partial charge in [0.2, 0.25) is 0 Å². The molecule has 4 rings (SSSR count). The number of aliphatic hydroxyl groups is 1. The molecule has 0 amide bonds. The Morgan fingerprint density at radius 1 is 0.955 bits per heavy atom. The molecule has 0 spiro atoms. The van der Waals surface area contributed by atoms with Crippen LogP contribution in [0.3, 0.4) is 0 Å². The molecule has 0 fully saturated rings. The molecule has 0 aliphatic carbocycles. The first-order chi connectivity index (χ1) is 21.9. The first kappa shape index (κ1) is 30.8. The standard InChI is InChI=1S/C22H15F4N2.C13H24O2.Ir/c1-22(2,3)14-9-12(8-11-6-4-5-7-13(11)14)20-15-16(23)17(24)18(25)19(26)21(15)28-10-27-20;1-5-10(6-2)12(14)9-13(15)11(7-3)8-4;/h4-7,9-10H,1-3H3;9-11,14H,5-8H2,1-4H3;/q-1;;/b;12-9-;/i4D,5D,6D,10D;;. The number of hydrogen-bond donors (Lipinski definition) is 1. The summed E-state index contributed by atoms with van der Waals surface area (Å²) in [6.07, 6.45) is 4.15. The topological polar surface area (TPSA) is 63.1 Å². The zero-order chi connectivity index (χ0) is 35.5. The van der Waals surface area contributed by atoms with Gasteiger partial charge in [0, 0.05) is 50.5 Å². The molecule has 0 unspecified atom stereocenters. The molecule has 1 N–H and O–H groups in total. The summed E-state index contributed by atoms with van der Waals surface area (Å²) in [4.78, 5) is 19.0. The average molecular weight is 792 g/mol. The van der Waals surface area contributed by atoms with Crippen LogP contribution in [0.4, 0.5) is 17.6 Å². The Hall–Kier alpha value is -3.16. The summed E-state index contributed by atoms with van der Waals surface area (Å²) in [6.45, 7) is 13.6. The van der Waals surface area contributed by atoms with Crippen molar-refractivity contribution in [1.82, 2.24) is 9.97 Å². The molecule has 3 aromatic carbocycles. The van der Waals surface area contributed by atoms with Crippen LogP contribution in [0.15, 0.2) is 48.4 Å². The van der Waals surface area contributed by atoms with E-state index in [1.54, 1.807) is 0 Å². The number of benzene rings is 3. The van der Waals surface area contributed by atoms with Gasteiger partial charge in [0.05, 0.1) is 8.50 Å². The molecule has 1 aromatic heterocycles. The minimum absolute atomic E-state index is 0. The Kier molecular flexibility index (Phi) is 11.0. The third-order valence-electron chi connectivity index (χ3n) is 7.53. The summed E-state index contributed by atoms with van der Waals surface area (Å²) in [7, 11) is 0. The Bertz CT molecular complexity index is 1860. The molecular formula is C35H39F4IrN2O2-. The maximum Gasteiger partial charge on any atom is 0.199 e. The molecule has 0 atom stereocenters. The third-order valence-corrected chi connectivity index (χ3v) is 7.53. The van der Waals surface area contributed by atoms with E-state index in [9.17, 15) is 27.5 Å². The van der Waals surface area contributed by atoms with Crippen molar-refractivity contribution in [3.63, 3.8) is 0 Å². The van der Waals surface area contributed by atoms with Crippen LogP contribution in [0.25, 0.3) is 32.9 Å². The number of aromatic nitrogens is 2. The fourth-order valence-corrected chi connectivity index (χ4v) is 4.89. The summed E-state index contributed by atoms with van der Waals surface area (Å²) in [5.41, 5.74) is -1.30. The fraction of sp³-hybridized carbons (Fsp3) is 0.400.